The Morgan fingerprint density at radius 3 is 2.43 bits per heavy atom. The van der Waals surface area contributed by atoms with E-state index in [0.717, 1.165) is 24.8 Å². The molecule has 4 nitrogen and oxygen atoms in total. The van der Waals surface area contributed by atoms with Crippen LogP contribution in [0.25, 0.3) is 0 Å². The molecule has 0 spiro atoms. The van der Waals surface area contributed by atoms with Gasteiger partial charge in [-0.25, -0.2) is 4.79 Å². The molecule has 1 heterocycles. The van der Waals surface area contributed by atoms with E-state index in [1.165, 1.54) is 12.7 Å². The van der Waals surface area contributed by atoms with Crippen LogP contribution in [0, 0.1) is 16.7 Å². The van der Waals surface area contributed by atoms with Crippen molar-refractivity contribution in [3.8, 4) is 0 Å². The van der Waals surface area contributed by atoms with Crippen LogP contribution in [0.1, 0.15) is 60.8 Å². The van der Waals surface area contributed by atoms with E-state index in [4.69, 9.17) is 14.2 Å². The maximum atomic E-state index is 12.5. The van der Waals surface area contributed by atoms with E-state index in [1.807, 2.05) is 13.8 Å². The Morgan fingerprint density at radius 2 is 1.83 bits per heavy atom. The molecule has 2 fully saturated rings. The van der Waals surface area contributed by atoms with Gasteiger partial charge in [0.2, 0.25) is 0 Å². The van der Waals surface area contributed by atoms with Crippen molar-refractivity contribution in [2.75, 3.05) is 7.11 Å². The molecule has 4 atom stereocenters. The topological polar surface area (TPSA) is 44.8 Å². The zero-order valence-corrected chi connectivity index (χ0v) is 15.5. The van der Waals surface area contributed by atoms with Crippen LogP contribution < -0.4 is 0 Å². The van der Waals surface area contributed by atoms with E-state index in [2.05, 4.69) is 27.7 Å². The fourth-order valence-electron chi connectivity index (χ4n) is 5.64. The number of carbonyl (C=O) groups excluding carboxylic acids is 1. The van der Waals surface area contributed by atoms with E-state index in [-0.39, 0.29) is 29.0 Å². The van der Waals surface area contributed by atoms with Crippen LogP contribution in [-0.2, 0) is 19.0 Å². The first-order valence-corrected chi connectivity index (χ1v) is 8.67. The standard InChI is InChI=1S/C19H30O4/c1-11-8-9-13-17(2,3)15-12(22-18(4,5)23-15)10-19(13,6)14(11)16(20)21-7/h12-13,15H,8-10H2,1-7H3. The molecule has 2 aliphatic carbocycles. The molecule has 23 heavy (non-hydrogen) atoms. The summed E-state index contributed by atoms with van der Waals surface area (Å²) in [6.45, 7) is 12.8. The second kappa shape index (κ2) is 5.06. The smallest absolute Gasteiger partial charge is 0.334 e. The highest BCUT2D eigenvalue weighted by atomic mass is 16.8. The summed E-state index contributed by atoms with van der Waals surface area (Å²) in [6, 6.07) is 0. The number of ether oxygens (including phenoxy) is 3. The molecule has 4 unspecified atom stereocenters. The minimum absolute atomic E-state index is 0.0202. The average molecular weight is 322 g/mol. The molecule has 1 aliphatic heterocycles. The first-order valence-electron chi connectivity index (χ1n) is 8.67. The zero-order chi connectivity index (χ0) is 17.2. The summed E-state index contributed by atoms with van der Waals surface area (Å²) in [7, 11) is 1.48. The molecular weight excluding hydrogens is 292 g/mol. The molecule has 0 amide bonds. The average Bonchev–Trinajstić information content (AvgIpc) is 2.72. The zero-order valence-electron chi connectivity index (χ0n) is 15.5. The van der Waals surface area contributed by atoms with E-state index in [9.17, 15) is 4.79 Å². The van der Waals surface area contributed by atoms with Gasteiger partial charge in [0.05, 0.1) is 19.3 Å². The number of hydrogen-bond acceptors (Lipinski definition) is 4. The van der Waals surface area contributed by atoms with Crippen molar-refractivity contribution in [1.29, 1.82) is 0 Å². The van der Waals surface area contributed by atoms with Crippen LogP contribution in [0.3, 0.4) is 0 Å². The first kappa shape index (κ1) is 17.0. The second-order valence-electron chi connectivity index (χ2n) is 8.78. The summed E-state index contributed by atoms with van der Waals surface area (Å²) in [5.74, 6) is -0.352. The second-order valence-corrected chi connectivity index (χ2v) is 8.78. The van der Waals surface area contributed by atoms with Crippen LogP contribution in [-0.4, -0.2) is 31.1 Å². The molecule has 0 N–H and O–H groups in total. The summed E-state index contributed by atoms with van der Waals surface area (Å²) in [4.78, 5) is 12.5. The lowest BCUT2D eigenvalue weighted by Gasteiger charge is -2.57. The van der Waals surface area contributed by atoms with Crippen LogP contribution >= 0.6 is 0 Å². The Bertz CT molecular complexity index is 560. The van der Waals surface area contributed by atoms with Crippen LogP contribution in [0.15, 0.2) is 11.1 Å². The van der Waals surface area contributed by atoms with Crippen molar-refractivity contribution in [2.24, 2.45) is 16.7 Å². The minimum Gasteiger partial charge on any atom is -0.466 e. The van der Waals surface area contributed by atoms with Gasteiger partial charge in [0, 0.05) is 11.0 Å². The number of allylic oxidation sites excluding steroid dienone is 1. The van der Waals surface area contributed by atoms with E-state index in [1.54, 1.807) is 0 Å². The highest BCUT2D eigenvalue weighted by molar-refractivity contribution is 5.91. The maximum Gasteiger partial charge on any atom is 0.334 e. The highest BCUT2D eigenvalue weighted by Gasteiger charge is 2.63. The predicted molar refractivity (Wildman–Crippen MR) is 87.8 cm³/mol. The summed E-state index contributed by atoms with van der Waals surface area (Å²) < 4.78 is 17.6. The Balaban J connectivity index is 2.08. The highest BCUT2D eigenvalue weighted by Crippen LogP contribution is 2.62. The van der Waals surface area contributed by atoms with Crippen LogP contribution in [0.2, 0.25) is 0 Å². The summed E-state index contributed by atoms with van der Waals surface area (Å²) in [6.07, 6.45) is 2.95. The Morgan fingerprint density at radius 1 is 1.17 bits per heavy atom. The summed E-state index contributed by atoms with van der Waals surface area (Å²) in [5, 5.41) is 0. The van der Waals surface area contributed by atoms with Gasteiger partial charge in [0.15, 0.2) is 5.79 Å². The van der Waals surface area contributed by atoms with Gasteiger partial charge >= 0.3 is 5.97 Å². The molecule has 3 aliphatic rings. The van der Waals surface area contributed by atoms with E-state index >= 15 is 0 Å². The van der Waals surface area contributed by atoms with Gasteiger partial charge in [-0.3, -0.25) is 0 Å². The maximum absolute atomic E-state index is 12.5. The Kier molecular flexibility index (Phi) is 3.73. The summed E-state index contributed by atoms with van der Waals surface area (Å²) >= 11 is 0. The number of esters is 1. The molecule has 0 aromatic heterocycles. The monoisotopic (exact) mass is 322 g/mol. The molecule has 130 valence electrons. The Hall–Kier alpha value is -0.870. The molecular formula is C19H30O4. The number of hydrogen-bond donors (Lipinski definition) is 0. The van der Waals surface area contributed by atoms with Crippen molar-refractivity contribution in [3.05, 3.63) is 11.1 Å². The van der Waals surface area contributed by atoms with Crippen molar-refractivity contribution >= 4 is 5.97 Å². The molecule has 0 bridgehead atoms. The van der Waals surface area contributed by atoms with E-state index < -0.39 is 5.79 Å². The molecule has 4 heteroatoms. The van der Waals surface area contributed by atoms with Crippen molar-refractivity contribution < 1.29 is 19.0 Å². The lowest BCUT2D eigenvalue weighted by atomic mass is 9.48. The van der Waals surface area contributed by atoms with Gasteiger partial charge in [-0.2, -0.15) is 0 Å². The minimum atomic E-state index is -0.555. The summed E-state index contributed by atoms with van der Waals surface area (Å²) in [5.41, 5.74) is 1.77. The lowest BCUT2D eigenvalue weighted by molar-refractivity contribution is -0.159. The molecule has 1 saturated carbocycles. The van der Waals surface area contributed by atoms with Crippen LogP contribution in [0.5, 0.6) is 0 Å². The van der Waals surface area contributed by atoms with Crippen molar-refractivity contribution in [2.45, 2.75) is 78.8 Å². The molecule has 0 aromatic rings. The van der Waals surface area contributed by atoms with Crippen molar-refractivity contribution in [1.82, 2.24) is 0 Å². The van der Waals surface area contributed by atoms with E-state index in [0.29, 0.717) is 5.92 Å². The predicted octanol–water partition coefficient (Wildman–Crippen LogP) is 3.84. The fourth-order valence-corrected chi connectivity index (χ4v) is 5.64. The van der Waals surface area contributed by atoms with Crippen molar-refractivity contribution in [3.63, 3.8) is 0 Å². The molecule has 0 radical (unpaired) electrons. The largest absolute Gasteiger partial charge is 0.466 e. The first-order chi connectivity index (χ1) is 10.5. The number of carbonyl (C=O) groups is 1. The fraction of sp³-hybridized carbons (Fsp3) is 0.842. The number of fused-ring (bicyclic) bond motifs is 2. The molecule has 1 saturated heterocycles. The lowest BCUT2D eigenvalue weighted by Crippen LogP contribution is -2.57. The third-order valence-corrected chi connectivity index (χ3v) is 6.40. The normalized spacial score (nSPS) is 41.3. The number of rotatable bonds is 1. The van der Waals surface area contributed by atoms with Gasteiger partial charge < -0.3 is 14.2 Å². The van der Waals surface area contributed by atoms with Gasteiger partial charge in [-0.1, -0.05) is 26.3 Å². The van der Waals surface area contributed by atoms with Gasteiger partial charge in [0.25, 0.3) is 0 Å². The quantitative estimate of drug-likeness (QED) is 0.688. The van der Waals surface area contributed by atoms with Gasteiger partial charge in [-0.15, -0.1) is 0 Å². The SMILES string of the molecule is COC(=O)C1=C(C)CCC2C1(C)CC1OC(C)(C)OC1C2(C)C. The van der Waals surface area contributed by atoms with Gasteiger partial charge in [-0.05, 0) is 51.4 Å². The van der Waals surface area contributed by atoms with Gasteiger partial charge in [0.1, 0.15) is 0 Å². The Labute approximate surface area is 139 Å². The molecule has 0 aromatic carbocycles. The third kappa shape index (κ3) is 2.37. The third-order valence-electron chi connectivity index (χ3n) is 6.40. The molecule has 3 rings (SSSR count). The van der Waals surface area contributed by atoms with Crippen LogP contribution in [0.4, 0.5) is 0 Å². The number of methoxy groups -OCH3 is 1.